The third-order valence-corrected chi connectivity index (χ3v) is 4.05. The van der Waals surface area contributed by atoms with Crippen molar-refractivity contribution in [2.24, 2.45) is 10.9 Å². The van der Waals surface area contributed by atoms with Gasteiger partial charge in [0, 0.05) is 18.2 Å². The van der Waals surface area contributed by atoms with Crippen LogP contribution in [0.1, 0.15) is 25.6 Å². The van der Waals surface area contributed by atoms with Crippen LogP contribution in [0.3, 0.4) is 0 Å². The summed E-state index contributed by atoms with van der Waals surface area (Å²) in [4.78, 5) is 8.66. The first-order valence-electron chi connectivity index (χ1n) is 5.88. The van der Waals surface area contributed by atoms with Crippen molar-refractivity contribution in [1.82, 2.24) is 15.5 Å². The molecule has 5 nitrogen and oxygen atoms in total. The molecule has 0 aliphatic carbocycles. The molecular formula is C11H18N4OS. The molecule has 2 rings (SSSR count). The highest BCUT2D eigenvalue weighted by Gasteiger charge is 2.20. The van der Waals surface area contributed by atoms with E-state index in [-0.39, 0.29) is 0 Å². The van der Waals surface area contributed by atoms with E-state index in [9.17, 15) is 0 Å². The molecule has 6 heteroatoms. The fourth-order valence-corrected chi connectivity index (χ4v) is 2.68. The van der Waals surface area contributed by atoms with Gasteiger partial charge in [0.25, 0.3) is 0 Å². The van der Waals surface area contributed by atoms with Gasteiger partial charge in [-0.2, -0.15) is 4.98 Å². The number of rotatable bonds is 3. The Morgan fingerprint density at radius 3 is 3.00 bits per heavy atom. The minimum atomic E-state index is 0.501. The van der Waals surface area contributed by atoms with Crippen LogP contribution in [0.5, 0.6) is 0 Å². The Bertz CT molecular complexity index is 404. The Morgan fingerprint density at radius 2 is 2.35 bits per heavy atom. The number of aromatic nitrogens is 2. The van der Waals surface area contributed by atoms with Crippen molar-refractivity contribution in [3.8, 4) is 0 Å². The monoisotopic (exact) mass is 254 g/mol. The van der Waals surface area contributed by atoms with E-state index < -0.39 is 0 Å². The third kappa shape index (κ3) is 3.46. The lowest BCUT2D eigenvalue weighted by Crippen LogP contribution is -2.41. The molecule has 1 saturated heterocycles. The molecule has 0 radical (unpaired) electrons. The standard InChI is InChI=1S/C11H18N4OS/c1-7-6-17-11(13-8(7)2)12-5-4-10-14-9(3)15-16-10/h7-8H,4-6H2,1-3H3,(H,12,13). The van der Waals surface area contributed by atoms with E-state index in [0.29, 0.717) is 36.6 Å². The molecule has 1 fully saturated rings. The largest absolute Gasteiger partial charge is 0.362 e. The van der Waals surface area contributed by atoms with Crippen LogP contribution < -0.4 is 5.32 Å². The van der Waals surface area contributed by atoms with Crippen molar-refractivity contribution in [3.63, 3.8) is 0 Å². The number of hydrogen-bond acceptors (Lipinski definition) is 5. The maximum atomic E-state index is 5.03. The van der Waals surface area contributed by atoms with Gasteiger partial charge in [-0.1, -0.05) is 23.8 Å². The van der Waals surface area contributed by atoms with Gasteiger partial charge in [-0.15, -0.1) is 0 Å². The molecular weight excluding hydrogens is 236 g/mol. The first-order chi connectivity index (χ1) is 8.15. The van der Waals surface area contributed by atoms with E-state index >= 15 is 0 Å². The average Bonchev–Trinajstić information content (AvgIpc) is 2.70. The first kappa shape index (κ1) is 12.4. The van der Waals surface area contributed by atoms with Crippen LogP contribution in [0, 0.1) is 12.8 Å². The number of aliphatic imine (C=N–C) groups is 1. The molecule has 0 aromatic carbocycles. The second kappa shape index (κ2) is 5.53. The smallest absolute Gasteiger partial charge is 0.228 e. The van der Waals surface area contributed by atoms with Gasteiger partial charge in [0.05, 0.1) is 6.54 Å². The van der Waals surface area contributed by atoms with E-state index in [1.807, 2.05) is 6.92 Å². The fraction of sp³-hybridized carbons (Fsp3) is 0.727. The van der Waals surface area contributed by atoms with Gasteiger partial charge in [-0.25, -0.2) is 0 Å². The van der Waals surface area contributed by atoms with Crippen LogP contribution >= 0.6 is 11.8 Å². The van der Waals surface area contributed by atoms with Gasteiger partial charge in [0.1, 0.15) is 0 Å². The number of hydrogen-bond donors (Lipinski definition) is 1. The van der Waals surface area contributed by atoms with Crippen molar-refractivity contribution < 1.29 is 4.52 Å². The lowest BCUT2D eigenvalue weighted by atomic mass is 10.1. The maximum absolute atomic E-state index is 5.03. The summed E-state index contributed by atoms with van der Waals surface area (Å²) in [5.74, 6) is 3.17. The second-order valence-electron chi connectivity index (χ2n) is 4.39. The van der Waals surface area contributed by atoms with Crippen molar-refractivity contribution in [1.29, 1.82) is 0 Å². The number of nitrogens with one attached hydrogen (secondary N) is 1. The highest BCUT2D eigenvalue weighted by atomic mass is 32.2. The quantitative estimate of drug-likeness (QED) is 0.888. The van der Waals surface area contributed by atoms with Gasteiger partial charge < -0.3 is 9.84 Å². The van der Waals surface area contributed by atoms with Gasteiger partial charge in [0.2, 0.25) is 5.89 Å². The van der Waals surface area contributed by atoms with Crippen LogP contribution in [-0.2, 0) is 6.42 Å². The summed E-state index contributed by atoms with van der Waals surface area (Å²) < 4.78 is 5.03. The topological polar surface area (TPSA) is 63.3 Å². The Balaban J connectivity index is 1.81. The zero-order valence-corrected chi connectivity index (χ0v) is 11.3. The minimum absolute atomic E-state index is 0.501. The molecule has 94 valence electrons. The molecule has 17 heavy (non-hydrogen) atoms. The van der Waals surface area contributed by atoms with Crippen molar-refractivity contribution in [2.45, 2.75) is 33.2 Å². The van der Waals surface area contributed by atoms with Gasteiger partial charge in [-0.05, 0) is 19.8 Å². The van der Waals surface area contributed by atoms with Crippen LogP contribution in [0.25, 0.3) is 0 Å². The molecule has 1 aliphatic rings. The SMILES string of the molecule is Cc1noc(CCN=C2NC(C)C(C)CS2)n1. The molecule has 2 heterocycles. The lowest BCUT2D eigenvalue weighted by molar-refractivity contribution is 0.376. The van der Waals surface area contributed by atoms with E-state index in [4.69, 9.17) is 4.52 Å². The summed E-state index contributed by atoms with van der Waals surface area (Å²) in [6.07, 6.45) is 0.705. The normalized spacial score (nSPS) is 27.1. The molecule has 2 atom stereocenters. The molecule has 2 unspecified atom stereocenters. The highest BCUT2D eigenvalue weighted by molar-refractivity contribution is 8.13. The Labute approximate surface area is 105 Å². The molecule has 0 bridgehead atoms. The Hall–Kier alpha value is -1.04. The average molecular weight is 254 g/mol. The number of amidine groups is 1. The molecule has 0 spiro atoms. The number of nitrogens with zero attached hydrogens (tertiary/aromatic N) is 3. The first-order valence-corrected chi connectivity index (χ1v) is 6.86. The molecule has 0 amide bonds. The lowest BCUT2D eigenvalue weighted by Gasteiger charge is -2.28. The molecule has 1 N–H and O–H groups in total. The van der Waals surface area contributed by atoms with Crippen LogP contribution in [0.2, 0.25) is 0 Å². The third-order valence-electron chi connectivity index (χ3n) is 2.84. The molecule has 0 saturated carbocycles. The molecule has 1 aliphatic heterocycles. The number of thioether (sulfide) groups is 1. The van der Waals surface area contributed by atoms with Crippen molar-refractivity contribution in [3.05, 3.63) is 11.7 Å². The molecule has 1 aromatic rings. The molecule has 1 aromatic heterocycles. The summed E-state index contributed by atoms with van der Waals surface area (Å²) in [5.41, 5.74) is 0. The van der Waals surface area contributed by atoms with Gasteiger partial charge in [0.15, 0.2) is 11.0 Å². The fourth-order valence-electron chi connectivity index (χ4n) is 1.52. The highest BCUT2D eigenvalue weighted by Crippen LogP contribution is 2.19. The Kier molecular flexibility index (Phi) is 4.04. The summed E-state index contributed by atoms with van der Waals surface area (Å²) in [6.45, 7) is 6.96. The van der Waals surface area contributed by atoms with E-state index in [0.717, 1.165) is 10.9 Å². The van der Waals surface area contributed by atoms with Crippen LogP contribution in [0.15, 0.2) is 9.52 Å². The van der Waals surface area contributed by atoms with Crippen molar-refractivity contribution >= 4 is 16.9 Å². The van der Waals surface area contributed by atoms with E-state index in [2.05, 4.69) is 34.3 Å². The van der Waals surface area contributed by atoms with Gasteiger partial charge in [-0.3, -0.25) is 4.99 Å². The van der Waals surface area contributed by atoms with E-state index in [1.54, 1.807) is 11.8 Å². The zero-order valence-electron chi connectivity index (χ0n) is 10.4. The minimum Gasteiger partial charge on any atom is -0.362 e. The zero-order chi connectivity index (χ0) is 12.3. The van der Waals surface area contributed by atoms with Gasteiger partial charge >= 0.3 is 0 Å². The predicted octanol–water partition coefficient (Wildman–Crippen LogP) is 1.64. The van der Waals surface area contributed by atoms with Crippen LogP contribution in [-0.4, -0.2) is 33.6 Å². The van der Waals surface area contributed by atoms with E-state index in [1.165, 1.54) is 0 Å². The van der Waals surface area contributed by atoms with Crippen LogP contribution in [0.4, 0.5) is 0 Å². The summed E-state index contributed by atoms with van der Waals surface area (Å²) in [6, 6.07) is 0.501. The van der Waals surface area contributed by atoms with Crippen molar-refractivity contribution in [2.75, 3.05) is 12.3 Å². The predicted molar refractivity (Wildman–Crippen MR) is 69.3 cm³/mol. The Morgan fingerprint density at radius 1 is 1.53 bits per heavy atom. The summed E-state index contributed by atoms with van der Waals surface area (Å²) in [5, 5.41) is 8.19. The summed E-state index contributed by atoms with van der Waals surface area (Å²) in [7, 11) is 0. The summed E-state index contributed by atoms with van der Waals surface area (Å²) >= 11 is 1.79. The maximum Gasteiger partial charge on any atom is 0.228 e. The second-order valence-corrected chi connectivity index (χ2v) is 5.40. The number of aryl methyl sites for hydroxylation is 1.